The van der Waals surface area contributed by atoms with E-state index in [-0.39, 0.29) is 29.5 Å². The first-order valence-electron chi connectivity index (χ1n) is 9.23. The molecular formula is C20H30O4. The summed E-state index contributed by atoms with van der Waals surface area (Å²) in [5.41, 5.74) is 1.79. The number of hydrogen-bond donors (Lipinski definition) is 1. The van der Waals surface area contributed by atoms with Gasteiger partial charge in [-0.05, 0) is 58.3 Å². The van der Waals surface area contributed by atoms with Crippen LogP contribution < -0.4 is 0 Å². The number of allylic oxidation sites excluding steroid dienone is 2. The predicted octanol–water partition coefficient (Wildman–Crippen LogP) is 3.54. The summed E-state index contributed by atoms with van der Waals surface area (Å²) in [5.74, 6) is -0.402. The number of carbonyl (C=O) groups excluding carboxylic acids is 1. The molecule has 0 unspecified atom stereocenters. The van der Waals surface area contributed by atoms with Gasteiger partial charge in [-0.15, -0.1) is 0 Å². The lowest BCUT2D eigenvalue weighted by Crippen LogP contribution is -2.37. The molecule has 0 aromatic carbocycles. The molecule has 0 amide bonds. The largest absolute Gasteiger partial charge is 0.456 e. The summed E-state index contributed by atoms with van der Waals surface area (Å²) in [6, 6.07) is 0. The van der Waals surface area contributed by atoms with Gasteiger partial charge in [-0.1, -0.05) is 25.2 Å². The van der Waals surface area contributed by atoms with Crippen LogP contribution in [-0.4, -0.2) is 35.0 Å². The van der Waals surface area contributed by atoms with Crippen LogP contribution in [-0.2, 0) is 14.3 Å². The van der Waals surface area contributed by atoms with Gasteiger partial charge >= 0.3 is 5.97 Å². The fourth-order valence-corrected chi connectivity index (χ4v) is 4.16. The summed E-state index contributed by atoms with van der Waals surface area (Å²) in [6.07, 6.45) is 7.07. The van der Waals surface area contributed by atoms with Gasteiger partial charge in [0, 0.05) is 11.5 Å². The molecule has 0 aromatic heterocycles. The Morgan fingerprint density at radius 3 is 2.92 bits per heavy atom. The molecule has 2 aliphatic heterocycles. The molecule has 0 radical (unpaired) electrons. The van der Waals surface area contributed by atoms with Crippen molar-refractivity contribution in [2.24, 2.45) is 11.8 Å². The first-order chi connectivity index (χ1) is 11.3. The van der Waals surface area contributed by atoms with E-state index < -0.39 is 12.2 Å². The van der Waals surface area contributed by atoms with Crippen molar-refractivity contribution in [2.45, 2.75) is 83.2 Å². The molecule has 0 spiro atoms. The van der Waals surface area contributed by atoms with E-state index in [4.69, 9.17) is 9.47 Å². The number of ether oxygens (including phenoxy) is 2. The standard InChI is InChI=1S/C20H30O4/c1-12-7-5-9-13(2)17(21)18-15(14(3)19(22)23-18)11-16-20(4,24-16)10-6-8-12/h8,13,15-18,21H,3,5-7,9-11H2,1-2,4H3/b12-8+/t13-,15-,16+,17+,18+,20+/m0/s1. The lowest BCUT2D eigenvalue weighted by atomic mass is 9.82. The van der Waals surface area contributed by atoms with Gasteiger partial charge in [0.2, 0.25) is 0 Å². The van der Waals surface area contributed by atoms with Crippen LogP contribution >= 0.6 is 0 Å². The Kier molecular flexibility index (Phi) is 4.89. The smallest absolute Gasteiger partial charge is 0.334 e. The first kappa shape index (κ1) is 17.7. The lowest BCUT2D eigenvalue weighted by Gasteiger charge is -2.27. The van der Waals surface area contributed by atoms with Crippen molar-refractivity contribution >= 4 is 5.97 Å². The summed E-state index contributed by atoms with van der Waals surface area (Å²) >= 11 is 0. The van der Waals surface area contributed by atoms with E-state index in [9.17, 15) is 9.90 Å². The highest BCUT2D eigenvalue weighted by Gasteiger charge is 2.55. The van der Waals surface area contributed by atoms with E-state index in [1.54, 1.807) is 0 Å². The average Bonchev–Trinajstić information content (AvgIpc) is 3.08. The number of esters is 1. The molecule has 1 aliphatic carbocycles. The average molecular weight is 334 g/mol. The third-order valence-electron chi connectivity index (χ3n) is 6.14. The highest BCUT2D eigenvalue weighted by Crippen LogP contribution is 2.47. The van der Waals surface area contributed by atoms with Crippen molar-refractivity contribution in [1.82, 2.24) is 0 Å². The summed E-state index contributed by atoms with van der Waals surface area (Å²) in [4.78, 5) is 12.0. The lowest BCUT2D eigenvalue weighted by molar-refractivity contribution is -0.146. The van der Waals surface area contributed by atoms with Gasteiger partial charge in [-0.25, -0.2) is 4.79 Å². The summed E-state index contributed by atoms with van der Waals surface area (Å²) in [6.45, 7) is 10.3. The monoisotopic (exact) mass is 334 g/mol. The third kappa shape index (κ3) is 3.45. The van der Waals surface area contributed by atoms with Crippen LogP contribution in [0.1, 0.15) is 59.3 Å². The maximum Gasteiger partial charge on any atom is 0.334 e. The van der Waals surface area contributed by atoms with E-state index in [0.717, 1.165) is 32.1 Å². The van der Waals surface area contributed by atoms with Crippen LogP contribution in [0.5, 0.6) is 0 Å². The van der Waals surface area contributed by atoms with Crippen molar-refractivity contribution in [1.29, 1.82) is 0 Å². The van der Waals surface area contributed by atoms with Crippen LogP contribution in [0.4, 0.5) is 0 Å². The number of fused-ring (bicyclic) bond motifs is 2. The molecule has 3 rings (SSSR count). The van der Waals surface area contributed by atoms with Crippen molar-refractivity contribution in [3.63, 3.8) is 0 Å². The van der Waals surface area contributed by atoms with E-state index in [1.165, 1.54) is 5.57 Å². The Bertz CT molecular complexity index is 552. The van der Waals surface area contributed by atoms with Gasteiger partial charge in [0.25, 0.3) is 0 Å². The van der Waals surface area contributed by atoms with Crippen molar-refractivity contribution in [3.8, 4) is 0 Å². The minimum atomic E-state index is -0.643. The van der Waals surface area contributed by atoms with Crippen LogP contribution in [0.2, 0.25) is 0 Å². The molecule has 2 saturated heterocycles. The molecule has 0 aromatic rings. The van der Waals surface area contributed by atoms with E-state index in [2.05, 4.69) is 26.5 Å². The highest BCUT2D eigenvalue weighted by molar-refractivity contribution is 5.90. The molecule has 134 valence electrons. The highest BCUT2D eigenvalue weighted by atomic mass is 16.6. The van der Waals surface area contributed by atoms with Gasteiger partial charge in [-0.3, -0.25) is 0 Å². The second kappa shape index (κ2) is 6.64. The van der Waals surface area contributed by atoms with Crippen molar-refractivity contribution in [3.05, 3.63) is 23.8 Å². The fourth-order valence-electron chi connectivity index (χ4n) is 4.16. The fraction of sp³-hybridized carbons (Fsp3) is 0.750. The molecule has 4 heteroatoms. The predicted molar refractivity (Wildman–Crippen MR) is 92.4 cm³/mol. The molecule has 2 heterocycles. The molecule has 3 aliphatic rings. The minimum absolute atomic E-state index is 0.0958. The number of hydrogen-bond acceptors (Lipinski definition) is 4. The maximum atomic E-state index is 12.0. The number of carbonyl (C=O) groups is 1. The topological polar surface area (TPSA) is 59.1 Å². The van der Waals surface area contributed by atoms with Crippen molar-refractivity contribution < 1.29 is 19.4 Å². The third-order valence-corrected chi connectivity index (χ3v) is 6.14. The normalized spacial score (nSPS) is 46.2. The SMILES string of the molecule is C=C1C(=O)O[C@H]2[C@H](O)[C@@H](C)CCC/C(C)=C/CC[C@@]3(C)O[C@@H]3C[C@@H]12. The maximum absolute atomic E-state index is 12.0. The van der Waals surface area contributed by atoms with Crippen LogP contribution in [0, 0.1) is 11.8 Å². The molecule has 2 fully saturated rings. The second-order valence-electron chi connectivity index (χ2n) is 8.11. The van der Waals surface area contributed by atoms with Gasteiger partial charge < -0.3 is 14.6 Å². The Labute approximate surface area is 144 Å². The second-order valence-corrected chi connectivity index (χ2v) is 8.11. The van der Waals surface area contributed by atoms with E-state index in [0.29, 0.717) is 12.0 Å². The summed E-state index contributed by atoms with van der Waals surface area (Å²) in [7, 11) is 0. The Hall–Kier alpha value is -1.13. The van der Waals surface area contributed by atoms with E-state index in [1.807, 2.05) is 6.92 Å². The molecular weight excluding hydrogens is 304 g/mol. The van der Waals surface area contributed by atoms with Crippen LogP contribution in [0.3, 0.4) is 0 Å². The Balaban J connectivity index is 1.79. The molecule has 4 nitrogen and oxygen atoms in total. The number of aliphatic hydroxyl groups is 1. The number of aliphatic hydroxyl groups excluding tert-OH is 1. The summed E-state index contributed by atoms with van der Waals surface area (Å²) in [5, 5.41) is 10.7. The number of rotatable bonds is 0. The van der Waals surface area contributed by atoms with Gasteiger partial charge in [-0.2, -0.15) is 0 Å². The molecule has 6 atom stereocenters. The van der Waals surface area contributed by atoms with Crippen LogP contribution in [0.15, 0.2) is 23.8 Å². The zero-order valence-corrected chi connectivity index (χ0v) is 15.1. The van der Waals surface area contributed by atoms with Crippen molar-refractivity contribution in [2.75, 3.05) is 0 Å². The number of epoxide rings is 1. The molecule has 0 bridgehead atoms. The Morgan fingerprint density at radius 2 is 2.17 bits per heavy atom. The molecule has 0 saturated carbocycles. The van der Waals surface area contributed by atoms with Gasteiger partial charge in [0.05, 0.1) is 17.8 Å². The molecule has 24 heavy (non-hydrogen) atoms. The molecule has 1 N–H and O–H groups in total. The zero-order valence-electron chi connectivity index (χ0n) is 15.1. The Morgan fingerprint density at radius 1 is 1.42 bits per heavy atom. The summed E-state index contributed by atoms with van der Waals surface area (Å²) < 4.78 is 11.4. The quantitative estimate of drug-likeness (QED) is 0.319. The van der Waals surface area contributed by atoms with Gasteiger partial charge in [0.1, 0.15) is 6.10 Å². The minimum Gasteiger partial charge on any atom is -0.456 e. The zero-order chi connectivity index (χ0) is 17.5. The van der Waals surface area contributed by atoms with Crippen LogP contribution in [0.25, 0.3) is 0 Å². The van der Waals surface area contributed by atoms with Gasteiger partial charge in [0.15, 0.2) is 0 Å². The van der Waals surface area contributed by atoms with E-state index >= 15 is 0 Å². The first-order valence-corrected chi connectivity index (χ1v) is 9.23.